The van der Waals surface area contributed by atoms with Crippen LogP contribution in [0.5, 0.6) is 0 Å². The van der Waals surface area contributed by atoms with Crippen LogP contribution >= 0.6 is 0 Å². The van der Waals surface area contributed by atoms with Crippen LogP contribution in [0.2, 0.25) is 0 Å². The fourth-order valence-corrected chi connectivity index (χ4v) is 6.40. The second-order valence-electron chi connectivity index (χ2n) is 11.4. The van der Waals surface area contributed by atoms with E-state index in [1.54, 1.807) is 0 Å². The Bertz CT molecular complexity index is 2530. The number of nitrogens with zero attached hydrogens (tertiary/aromatic N) is 2. The largest absolute Gasteiger partial charge is 0.455 e. The predicted octanol–water partition coefficient (Wildman–Crippen LogP) is 11.4. The number of hydrogen-bond donors (Lipinski definition) is 0. The SMILES string of the molecule is c1ccc(-c2ccc(-c3cccc(-c4nc(-c5ccc6ccc7c8ccccc8oc7c6c5)nc5ccccc45)c3)cc2)cc1. The molecule has 3 nitrogen and oxygen atoms in total. The van der Waals surface area contributed by atoms with E-state index in [1.807, 2.05) is 24.3 Å². The smallest absolute Gasteiger partial charge is 0.160 e. The lowest BCUT2D eigenvalue weighted by atomic mass is 9.97. The maximum Gasteiger partial charge on any atom is 0.160 e. The molecule has 45 heavy (non-hydrogen) atoms. The third kappa shape index (κ3) is 4.37. The molecule has 9 rings (SSSR count). The summed E-state index contributed by atoms with van der Waals surface area (Å²) in [6.45, 7) is 0. The summed E-state index contributed by atoms with van der Waals surface area (Å²) in [5.41, 5.74) is 10.4. The van der Waals surface area contributed by atoms with Crippen molar-refractivity contribution >= 4 is 43.6 Å². The number of fused-ring (bicyclic) bond motifs is 6. The molecule has 0 saturated carbocycles. The van der Waals surface area contributed by atoms with Gasteiger partial charge in [0.2, 0.25) is 0 Å². The molecule has 0 radical (unpaired) electrons. The van der Waals surface area contributed by atoms with Gasteiger partial charge in [0.1, 0.15) is 11.2 Å². The minimum absolute atomic E-state index is 0.691. The van der Waals surface area contributed by atoms with Crippen molar-refractivity contribution in [3.63, 3.8) is 0 Å². The second kappa shape index (κ2) is 10.3. The highest BCUT2D eigenvalue weighted by molar-refractivity contribution is 6.15. The van der Waals surface area contributed by atoms with E-state index in [0.29, 0.717) is 5.82 Å². The van der Waals surface area contributed by atoms with Gasteiger partial charge >= 0.3 is 0 Å². The molecule has 0 amide bonds. The van der Waals surface area contributed by atoms with E-state index in [0.717, 1.165) is 66.0 Å². The molecular weight excluding hydrogens is 548 g/mol. The van der Waals surface area contributed by atoms with Gasteiger partial charge in [-0.1, -0.05) is 127 Å². The number of para-hydroxylation sites is 2. The van der Waals surface area contributed by atoms with Gasteiger partial charge in [-0.2, -0.15) is 0 Å². The lowest BCUT2D eigenvalue weighted by Gasteiger charge is -2.12. The molecule has 0 saturated heterocycles. The average molecular weight is 575 g/mol. The summed E-state index contributed by atoms with van der Waals surface area (Å²) >= 11 is 0. The maximum absolute atomic E-state index is 6.37. The summed E-state index contributed by atoms with van der Waals surface area (Å²) in [6, 6.07) is 55.0. The molecule has 0 fully saturated rings. The van der Waals surface area contributed by atoms with Gasteiger partial charge in [0.15, 0.2) is 5.82 Å². The molecule has 0 aliphatic rings. The highest BCUT2D eigenvalue weighted by atomic mass is 16.3. The second-order valence-corrected chi connectivity index (χ2v) is 11.4. The Labute approximate surface area is 260 Å². The van der Waals surface area contributed by atoms with Gasteiger partial charge in [0.05, 0.1) is 11.2 Å². The molecule has 7 aromatic carbocycles. The molecule has 0 spiro atoms. The van der Waals surface area contributed by atoms with Gasteiger partial charge in [-0.05, 0) is 58.0 Å². The molecular formula is C42H26N2O. The standard InChI is InChI=1S/C42H26N2O/c1-2-9-27(10-3-1)28-17-19-29(20-18-28)31-11-8-12-32(25-31)40-36-14-4-6-15-38(36)43-42(44-40)33-22-21-30-23-24-35-34-13-5-7-16-39(34)45-41(35)37(30)26-33/h1-26H. The molecule has 0 aliphatic carbocycles. The number of furan rings is 1. The third-order valence-corrected chi connectivity index (χ3v) is 8.68. The Hall–Kier alpha value is -6.06. The van der Waals surface area contributed by atoms with E-state index in [9.17, 15) is 0 Å². The number of aromatic nitrogens is 2. The zero-order valence-electron chi connectivity index (χ0n) is 24.3. The van der Waals surface area contributed by atoms with Crippen LogP contribution in [0.1, 0.15) is 0 Å². The lowest BCUT2D eigenvalue weighted by molar-refractivity contribution is 0.672. The van der Waals surface area contributed by atoms with Gasteiger partial charge in [-0.15, -0.1) is 0 Å². The van der Waals surface area contributed by atoms with Crippen LogP contribution in [0, 0.1) is 0 Å². The van der Waals surface area contributed by atoms with Crippen molar-refractivity contribution in [2.45, 2.75) is 0 Å². The summed E-state index contributed by atoms with van der Waals surface area (Å²) in [4.78, 5) is 10.3. The summed E-state index contributed by atoms with van der Waals surface area (Å²) in [6.07, 6.45) is 0. The van der Waals surface area contributed by atoms with E-state index < -0.39 is 0 Å². The lowest BCUT2D eigenvalue weighted by Crippen LogP contribution is -1.95. The molecule has 0 N–H and O–H groups in total. The first kappa shape index (κ1) is 25.4. The Morgan fingerprint density at radius 2 is 1.02 bits per heavy atom. The van der Waals surface area contributed by atoms with Gasteiger partial charge < -0.3 is 4.42 Å². The van der Waals surface area contributed by atoms with Crippen LogP contribution in [-0.2, 0) is 0 Å². The summed E-state index contributed by atoms with van der Waals surface area (Å²) in [5.74, 6) is 0.691. The van der Waals surface area contributed by atoms with Gasteiger partial charge in [0, 0.05) is 32.7 Å². The third-order valence-electron chi connectivity index (χ3n) is 8.68. The van der Waals surface area contributed by atoms with Crippen molar-refractivity contribution in [1.82, 2.24) is 9.97 Å². The summed E-state index contributed by atoms with van der Waals surface area (Å²) in [7, 11) is 0. The predicted molar refractivity (Wildman–Crippen MR) is 186 cm³/mol. The Kier molecular flexibility index (Phi) is 5.82. The molecule has 0 aliphatic heterocycles. The van der Waals surface area contributed by atoms with Crippen LogP contribution in [0.3, 0.4) is 0 Å². The van der Waals surface area contributed by atoms with E-state index in [1.165, 1.54) is 16.7 Å². The Balaban J connectivity index is 1.17. The zero-order valence-corrected chi connectivity index (χ0v) is 24.3. The van der Waals surface area contributed by atoms with E-state index in [2.05, 4.69) is 133 Å². The van der Waals surface area contributed by atoms with Crippen molar-refractivity contribution in [3.05, 3.63) is 158 Å². The number of rotatable bonds is 4. The van der Waals surface area contributed by atoms with Crippen LogP contribution < -0.4 is 0 Å². The van der Waals surface area contributed by atoms with Crippen LogP contribution in [-0.4, -0.2) is 9.97 Å². The number of hydrogen-bond acceptors (Lipinski definition) is 3. The van der Waals surface area contributed by atoms with Crippen molar-refractivity contribution in [2.24, 2.45) is 0 Å². The molecule has 2 heterocycles. The quantitative estimate of drug-likeness (QED) is 0.210. The first-order valence-electron chi connectivity index (χ1n) is 15.2. The fraction of sp³-hybridized carbons (Fsp3) is 0. The molecule has 2 aromatic heterocycles. The topological polar surface area (TPSA) is 38.9 Å². The fourth-order valence-electron chi connectivity index (χ4n) is 6.40. The highest BCUT2D eigenvalue weighted by Gasteiger charge is 2.15. The van der Waals surface area contributed by atoms with E-state index in [4.69, 9.17) is 14.4 Å². The van der Waals surface area contributed by atoms with Gasteiger partial charge in [0.25, 0.3) is 0 Å². The molecule has 210 valence electrons. The number of benzene rings is 7. The molecule has 0 bridgehead atoms. The van der Waals surface area contributed by atoms with Gasteiger partial charge in [-0.25, -0.2) is 9.97 Å². The van der Waals surface area contributed by atoms with Crippen molar-refractivity contribution in [1.29, 1.82) is 0 Å². The van der Waals surface area contributed by atoms with Crippen LogP contribution in [0.15, 0.2) is 162 Å². The zero-order chi connectivity index (χ0) is 29.7. The van der Waals surface area contributed by atoms with Crippen molar-refractivity contribution in [3.8, 4) is 44.9 Å². The normalized spacial score (nSPS) is 11.6. The highest BCUT2D eigenvalue weighted by Crippen LogP contribution is 2.37. The minimum atomic E-state index is 0.691. The Morgan fingerprint density at radius 1 is 0.378 bits per heavy atom. The molecule has 3 heteroatoms. The molecule has 0 unspecified atom stereocenters. The minimum Gasteiger partial charge on any atom is -0.455 e. The van der Waals surface area contributed by atoms with Crippen LogP contribution in [0.25, 0.3) is 88.5 Å². The first-order chi connectivity index (χ1) is 22.3. The summed E-state index contributed by atoms with van der Waals surface area (Å²) in [5, 5.41) is 5.44. The average Bonchev–Trinajstić information content (AvgIpc) is 3.51. The maximum atomic E-state index is 6.37. The van der Waals surface area contributed by atoms with E-state index in [-0.39, 0.29) is 0 Å². The molecule has 0 atom stereocenters. The van der Waals surface area contributed by atoms with E-state index >= 15 is 0 Å². The molecule has 9 aromatic rings. The Morgan fingerprint density at radius 3 is 1.89 bits per heavy atom. The van der Waals surface area contributed by atoms with Crippen molar-refractivity contribution < 1.29 is 4.42 Å². The monoisotopic (exact) mass is 574 g/mol. The van der Waals surface area contributed by atoms with Crippen molar-refractivity contribution in [2.75, 3.05) is 0 Å². The van der Waals surface area contributed by atoms with Gasteiger partial charge in [-0.3, -0.25) is 0 Å². The van der Waals surface area contributed by atoms with Crippen LogP contribution in [0.4, 0.5) is 0 Å². The summed E-state index contributed by atoms with van der Waals surface area (Å²) < 4.78 is 6.37. The first-order valence-corrected chi connectivity index (χ1v) is 15.2.